The van der Waals surface area contributed by atoms with E-state index in [0.717, 1.165) is 27.1 Å². The third-order valence-electron chi connectivity index (χ3n) is 3.42. The van der Waals surface area contributed by atoms with E-state index in [0.29, 0.717) is 6.54 Å². The van der Waals surface area contributed by atoms with Gasteiger partial charge in [0.25, 0.3) is 0 Å². The van der Waals surface area contributed by atoms with Crippen LogP contribution >= 0.6 is 15.9 Å². The van der Waals surface area contributed by atoms with Gasteiger partial charge in [0.05, 0.1) is 17.1 Å². The van der Waals surface area contributed by atoms with Gasteiger partial charge in [0.1, 0.15) is 0 Å². The third kappa shape index (κ3) is 3.20. The molecule has 2 aromatic carbocycles. The van der Waals surface area contributed by atoms with Crippen LogP contribution in [0.15, 0.2) is 46.9 Å². The van der Waals surface area contributed by atoms with E-state index in [1.54, 1.807) is 0 Å². The van der Waals surface area contributed by atoms with Crippen LogP contribution in [0.4, 0.5) is 0 Å². The average molecular weight is 350 g/mol. The fourth-order valence-electron chi connectivity index (χ4n) is 2.34. The fraction of sp³-hybridized carbons (Fsp3) is 0.250. The highest BCUT2D eigenvalue weighted by Gasteiger charge is 2.18. The van der Waals surface area contributed by atoms with E-state index >= 15 is 0 Å². The van der Waals surface area contributed by atoms with Crippen LogP contribution in [-0.4, -0.2) is 18.5 Å². The van der Waals surface area contributed by atoms with Gasteiger partial charge in [0.2, 0.25) is 6.79 Å². The molecule has 1 atom stereocenters. The molecule has 0 saturated carbocycles. The summed E-state index contributed by atoms with van der Waals surface area (Å²) in [5, 5.41) is 12.9. The molecule has 3 rings (SSSR count). The van der Waals surface area contributed by atoms with Crippen molar-refractivity contribution in [2.75, 3.05) is 13.4 Å². The summed E-state index contributed by atoms with van der Waals surface area (Å²) in [5.41, 5.74) is 2.14. The summed E-state index contributed by atoms with van der Waals surface area (Å²) in [5.74, 6) is 1.50. The van der Waals surface area contributed by atoms with Crippen LogP contribution in [0.3, 0.4) is 0 Å². The molecule has 2 aromatic rings. The second kappa shape index (κ2) is 6.47. The SMILES string of the molecule is OC[C@H](NCc1cc(Br)c2c(c1)OCO2)c1ccccc1. The molecule has 0 bridgehead atoms. The van der Waals surface area contributed by atoms with Crippen LogP contribution < -0.4 is 14.8 Å². The highest BCUT2D eigenvalue weighted by atomic mass is 79.9. The normalized spacial score (nSPS) is 14.2. The zero-order chi connectivity index (χ0) is 14.7. The molecule has 110 valence electrons. The molecular formula is C16H16BrNO3. The Morgan fingerprint density at radius 3 is 2.76 bits per heavy atom. The Morgan fingerprint density at radius 1 is 1.19 bits per heavy atom. The molecular weight excluding hydrogens is 334 g/mol. The monoisotopic (exact) mass is 349 g/mol. The number of fused-ring (bicyclic) bond motifs is 1. The average Bonchev–Trinajstić information content (AvgIpc) is 2.98. The van der Waals surface area contributed by atoms with Gasteiger partial charge in [0.15, 0.2) is 11.5 Å². The molecule has 0 radical (unpaired) electrons. The number of hydrogen-bond donors (Lipinski definition) is 2. The maximum atomic E-state index is 9.55. The summed E-state index contributed by atoms with van der Waals surface area (Å²) < 4.78 is 11.7. The molecule has 1 heterocycles. The molecule has 0 unspecified atom stereocenters. The van der Waals surface area contributed by atoms with E-state index in [-0.39, 0.29) is 19.4 Å². The fourth-order valence-corrected chi connectivity index (χ4v) is 2.94. The summed E-state index contributed by atoms with van der Waals surface area (Å²) in [6, 6.07) is 13.8. The van der Waals surface area contributed by atoms with E-state index in [1.165, 1.54) is 0 Å². The lowest BCUT2D eigenvalue weighted by Crippen LogP contribution is -2.23. The Morgan fingerprint density at radius 2 is 2.00 bits per heavy atom. The number of aliphatic hydroxyl groups excluding tert-OH is 1. The number of aliphatic hydroxyl groups is 1. The van der Waals surface area contributed by atoms with E-state index < -0.39 is 0 Å². The number of rotatable bonds is 5. The van der Waals surface area contributed by atoms with E-state index in [1.807, 2.05) is 42.5 Å². The Hall–Kier alpha value is -1.56. The van der Waals surface area contributed by atoms with Crippen molar-refractivity contribution in [3.8, 4) is 11.5 Å². The van der Waals surface area contributed by atoms with Crippen molar-refractivity contribution in [3.63, 3.8) is 0 Å². The van der Waals surface area contributed by atoms with Crippen molar-refractivity contribution < 1.29 is 14.6 Å². The minimum Gasteiger partial charge on any atom is -0.454 e. The Balaban J connectivity index is 1.71. The van der Waals surface area contributed by atoms with Crippen molar-refractivity contribution in [3.05, 3.63) is 58.1 Å². The van der Waals surface area contributed by atoms with Gasteiger partial charge in [-0.05, 0) is 39.2 Å². The molecule has 0 fully saturated rings. The number of nitrogens with one attached hydrogen (secondary N) is 1. The summed E-state index contributed by atoms with van der Waals surface area (Å²) in [6.07, 6.45) is 0. The van der Waals surface area contributed by atoms with Crippen LogP contribution in [0.5, 0.6) is 11.5 Å². The van der Waals surface area contributed by atoms with Crippen LogP contribution in [0, 0.1) is 0 Å². The minimum atomic E-state index is -0.0876. The topological polar surface area (TPSA) is 50.7 Å². The maximum Gasteiger partial charge on any atom is 0.231 e. The predicted octanol–water partition coefficient (Wildman–Crippen LogP) is 3.00. The van der Waals surface area contributed by atoms with E-state index in [9.17, 15) is 5.11 Å². The number of ether oxygens (including phenoxy) is 2. The molecule has 0 aliphatic carbocycles. The molecule has 1 aliphatic heterocycles. The lowest BCUT2D eigenvalue weighted by atomic mass is 10.1. The van der Waals surface area contributed by atoms with Crippen LogP contribution in [0.25, 0.3) is 0 Å². The zero-order valence-corrected chi connectivity index (χ0v) is 13.0. The second-order valence-corrected chi connectivity index (χ2v) is 5.69. The summed E-state index contributed by atoms with van der Waals surface area (Å²) in [4.78, 5) is 0. The molecule has 0 saturated heterocycles. The minimum absolute atomic E-state index is 0.0513. The Labute approximate surface area is 131 Å². The number of halogens is 1. The molecule has 0 amide bonds. The largest absolute Gasteiger partial charge is 0.454 e. The summed E-state index contributed by atoms with van der Waals surface area (Å²) >= 11 is 3.48. The molecule has 5 heteroatoms. The highest BCUT2D eigenvalue weighted by molar-refractivity contribution is 9.10. The van der Waals surface area contributed by atoms with Crippen LogP contribution in [-0.2, 0) is 6.54 Å². The summed E-state index contributed by atoms with van der Waals surface area (Å²) in [6.45, 7) is 0.944. The van der Waals surface area contributed by atoms with Gasteiger partial charge in [0, 0.05) is 6.54 Å². The second-order valence-electron chi connectivity index (χ2n) is 4.84. The van der Waals surface area contributed by atoms with Crippen molar-refractivity contribution in [1.29, 1.82) is 0 Å². The molecule has 0 spiro atoms. The maximum absolute atomic E-state index is 9.55. The number of hydrogen-bond acceptors (Lipinski definition) is 4. The highest BCUT2D eigenvalue weighted by Crippen LogP contribution is 2.40. The van der Waals surface area contributed by atoms with Gasteiger partial charge in [-0.2, -0.15) is 0 Å². The van der Waals surface area contributed by atoms with E-state index in [4.69, 9.17) is 9.47 Å². The molecule has 2 N–H and O–H groups in total. The Kier molecular flexibility index (Phi) is 4.43. The van der Waals surface area contributed by atoms with Gasteiger partial charge in [-0.1, -0.05) is 30.3 Å². The summed E-state index contributed by atoms with van der Waals surface area (Å²) in [7, 11) is 0. The lowest BCUT2D eigenvalue weighted by Gasteiger charge is -2.17. The van der Waals surface area contributed by atoms with Crippen LogP contribution in [0.2, 0.25) is 0 Å². The standard InChI is InChI=1S/C16H16BrNO3/c17-13-6-11(7-15-16(13)21-10-20-15)8-18-14(9-19)12-4-2-1-3-5-12/h1-7,14,18-19H,8-10H2/t14-/m0/s1. The first-order valence-electron chi connectivity index (χ1n) is 6.75. The van der Waals surface area contributed by atoms with Crippen molar-refractivity contribution >= 4 is 15.9 Å². The molecule has 21 heavy (non-hydrogen) atoms. The third-order valence-corrected chi connectivity index (χ3v) is 4.01. The van der Waals surface area contributed by atoms with Gasteiger partial charge in [-0.15, -0.1) is 0 Å². The lowest BCUT2D eigenvalue weighted by molar-refractivity contribution is 0.173. The predicted molar refractivity (Wildman–Crippen MR) is 83.4 cm³/mol. The van der Waals surface area contributed by atoms with E-state index in [2.05, 4.69) is 21.2 Å². The smallest absolute Gasteiger partial charge is 0.231 e. The van der Waals surface area contributed by atoms with Gasteiger partial charge < -0.3 is 19.9 Å². The first-order chi connectivity index (χ1) is 10.3. The number of benzene rings is 2. The molecule has 0 aromatic heterocycles. The van der Waals surface area contributed by atoms with Crippen molar-refractivity contribution in [1.82, 2.24) is 5.32 Å². The first kappa shape index (κ1) is 14.4. The molecule has 1 aliphatic rings. The van der Waals surface area contributed by atoms with Crippen LogP contribution in [0.1, 0.15) is 17.2 Å². The van der Waals surface area contributed by atoms with Crippen molar-refractivity contribution in [2.24, 2.45) is 0 Å². The van der Waals surface area contributed by atoms with Gasteiger partial charge in [-0.3, -0.25) is 0 Å². The van der Waals surface area contributed by atoms with Gasteiger partial charge >= 0.3 is 0 Å². The first-order valence-corrected chi connectivity index (χ1v) is 7.54. The van der Waals surface area contributed by atoms with Gasteiger partial charge in [-0.25, -0.2) is 0 Å². The molecule has 4 nitrogen and oxygen atoms in total. The van der Waals surface area contributed by atoms with Crippen molar-refractivity contribution in [2.45, 2.75) is 12.6 Å². The Bertz CT molecular complexity index is 618. The zero-order valence-electron chi connectivity index (χ0n) is 11.4. The quantitative estimate of drug-likeness (QED) is 0.871.